The van der Waals surface area contributed by atoms with Crippen molar-refractivity contribution in [2.45, 2.75) is 33.1 Å². The van der Waals surface area contributed by atoms with Crippen LogP contribution in [0.15, 0.2) is 36.4 Å². The van der Waals surface area contributed by atoms with Crippen LogP contribution in [-0.2, 0) is 9.59 Å². The number of hydrogen-bond donors (Lipinski definition) is 0. The topological polar surface area (TPSA) is 34.1 Å². The molecule has 0 amide bonds. The van der Waals surface area contributed by atoms with Gasteiger partial charge in [-0.15, -0.1) is 0 Å². The number of hydrogen-bond acceptors (Lipinski definition) is 2. The summed E-state index contributed by atoms with van der Waals surface area (Å²) in [7, 11) is 0. The van der Waals surface area contributed by atoms with Crippen molar-refractivity contribution in [2.75, 3.05) is 0 Å². The monoisotopic (exact) mass is 244 g/mol. The molecule has 0 aliphatic carbocycles. The molecule has 0 radical (unpaired) electrons. The van der Waals surface area contributed by atoms with Gasteiger partial charge >= 0.3 is 0 Å². The van der Waals surface area contributed by atoms with Crippen molar-refractivity contribution in [1.82, 2.24) is 0 Å². The van der Waals surface area contributed by atoms with Gasteiger partial charge in [0.25, 0.3) is 0 Å². The smallest absolute Gasteiger partial charge is 0.155 e. The van der Waals surface area contributed by atoms with E-state index in [1.165, 1.54) is 0 Å². The number of carbonyl (C=O) groups excluding carboxylic acids is 2. The van der Waals surface area contributed by atoms with Crippen LogP contribution in [-0.4, -0.2) is 11.6 Å². The molecule has 0 heterocycles. The summed E-state index contributed by atoms with van der Waals surface area (Å²) in [5, 5.41) is 0. The highest BCUT2D eigenvalue weighted by atomic mass is 16.1. The molecule has 2 heteroatoms. The first kappa shape index (κ1) is 14.4. The quantitative estimate of drug-likeness (QED) is 0.686. The first-order chi connectivity index (χ1) is 8.59. The average Bonchev–Trinajstić information content (AvgIpc) is 2.37. The molecule has 1 rings (SSSR count). The lowest BCUT2D eigenvalue weighted by Crippen LogP contribution is -2.07. The normalized spacial score (nSPS) is 11.1. The Bertz CT molecular complexity index is 416. The molecule has 0 atom stereocenters. The fourth-order valence-electron chi connectivity index (χ4n) is 1.56. The predicted molar refractivity (Wildman–Crippen MR) is 74.2 cm³/mol. The first-order valence-electron chi connectivity index (χ1n) is 6.38. The van der Waals surface area contributed by atoms with E-state index >= 15 is 0 Å². The van der Waals surface area contributed by atoms with Crippen molar-refractivity contribution in [1.29, 1.82) is 0 Å². The van der Waals surface area contributed by atoms with Gasteiger partial charge in [0.15, 0.2) is 5.78 Å². The zero-order chi connectivity index (χ0) is 13.4. The zero-order valence-corrected chi connectivity index (χ0v) is 11.1. The van der Waals surface area contributed by atoms with Crippen LogP contribution < -0.4 is 0 Å². The summed E-state index contributed by atoms with van der Waals surface area (Å²) < 4.78 is 0. The molecule has 1 aromatic carbocycles. The van der Waals surface area contributed by atoms with Gasteiger partial charge in [-0.25, -0.2) is 0 Å². The number of carbonyl (C=O) groups is 2. The molecular weight excluding hydrogens is 224 g/mol. The van der Waals surface area contributed by atoms with E-state index in [1.54, 1.807) is 6.08 Å². The van der Waals surface area contributed by atoms with Crippen LogP contribution in [0.1, 0.15) is 38.7 Å². The van der Waals surface area contributed by atoms with Crippen LogP contribution in [0, 0.1) is 5.92 Å². The molecule has 0 saturated carbocycles. The van der Waals surface area contributed by atoms with E-state index in [1.807, 2.05) is 50.3 Å². The van der Waals surface area contributed by atoms with Crippen molar-refractivity contribution in [3.8, 4) is 0 Å². The number of ketones is 2. The molecule has 0 fully saturated rings. The largest absolute Gasteiger partial charge is 0.299 e. The highest BCUT2D eigenvalue weighted by molar-refractivity contribution is 5.93. The third-order valence-corrected chi connectivity index (χ3v) is 2.75. The number of rotatable bonds is 7. The lowest BCUT2D eigenvalue weighted by atomic mass is 10.0. The van der Waals surface area contributed by atoms with Crippen LogP contribution in [0.5, 0.6) is 0 Å². The van der Waals surface area contributed by atoms with Crippen molar-refractivity contribution < 1.29 is 9.59 Å². The predicted octanol–water partition coefficient (Wildman–Crippen LogP) is 3.66. The highest BCUT2D eigenvalue weighted by Gasteiger charge is 2.07. The summed E-state index contributed by atoms with van der Waals surface area (Å²) in [6.07, 6.45) is 5.00. The van der Waals surface area contributed by atoms with Gasteiger partial charge in [0.05, 0.1) is 0 Å². The average molecular weight is 244 g/mol. The molecule has 0 aliphatic rings. The number of Topliss-reactive ketones (excluding diaryl/α,β-unsaturated/α-hetero) is 1. The second kappa shape index (κ2) is 7.59. The van der Waals surface area contributed by atoms with Gasteiger partial charge in [-0.1, -0.05) is 50.3 Å². The van der Waals surface area contributed by atoms with Crippen molar-refractivity contribution in [3.63, 3.8) is 0 Å². The number of allylic oxidation sites excluding steroid dienone is 1. The van der Waals surface area contributed by atoms with Crippen LogP contribution in [0.4, 0.5) is 0 Å². The molecule has 0 spiro atoms. The minimum atomic E-state index is 0.0694. The highest BCUT2D eigenvalue weighted by Crippen LogP contribution is 2.06. The van der Waals surface area contributed by atoms with Crippen molar-refractivity contribution in [3.05, 3.63) is 42.0 Å². The van der Waals surface area contributed by atoms with E-state index in [0.717, 1.165) is 5.56 Å². The minimum absolute atomic E-state index is 0.0694. The van der Waals surface area contributed by atoms with Crippen molar-refractivity contribution >= 4 is 17.6 Å². The van der Waals surface area contributed by atoms with Crippen molar-refractivity contribution in [2.24, 2.45) is 5.92 Å². The second-order valence-electron chi connectivity index (χ2n) is 4.68. The summed E-state index contributed by atoms with van der Waals surface area (Å²) >= 11 is 0. The molecule has 0 bridgehead atoms. The lowest BCUT2D eigenvalue weighted by Gasteiger charge is -2.02. The van der Waals surface area contributed by atoms with Crippen LogP contribution in [0.25, 0.3) is 6.08 Å². The Labute approximate surface area is 109 Å². The van der Waals surface area contributed by atoms with E-state index in [9.17, 15) is 9.59 Å². The Hall–Kier alpha value is -1.70. The maximum absolute atomic E-state index is 11.6. The van der Waals surface area contributed by atoms with Gasteiger partial charge in [-0.2, -0.15) is 0 Å². The molecule has 0 unspecified atom stereocenters. The molecular formula is C16H20O2. The Balaban J connectivity index is 2.30. The zero-order valence-electron chi connectivity index (χ0n) is 11.1. The maximum atomic E-state index is 11.6. The summed E-state index contributed by atoms with van der Waals surface area (Å²) in [6.45, 7) is 3.78. The molecule has 0 saturated heterocycles. The summed E-state index contributed by atoms with van der Waals surface area (Å²) in [5.74, 6) is 0.380. The number of benzene rings is 1. The Morgan fingerprint density at radius 3 is 2.39 bits per heavy atom. The minimum Gasteiger partial charge on any atom is -0.299 e. The van der Waals surface area contributed by atoms with Crippen LogP contribution in [0.3, 0.4) is 0 Å². The van der Waals surface area contributed by atoms with Gasteiger partial charge in [0.2, 0.25) is 0 Å². The third kappa shape index (κ3) is 5.58. The third-order valence-electron chi connectivity index (χ3n) is 2.75. The van der Waals surface area contributed by atoms with E-state index in [-0.39, 0.29) is 17.5 Å². The van der Waals surface area contributed by atoms with E-state index in [2.05, 4.69) is 0 Å². The SMILES string of the molecule is CC(C)C(=O)CCCC(=O)/C=C/c1ccccc1. The van der Waals surface area contributed by atoms with Gasteiger partial charge < -0.3 is 0 Å². The fourth-order valence-corrected chi connectivity index (χ4v) is 1.56. The van der Waals surface area contributed by atoms with Gasteiger partial charge in [-0.3, -0.25) is 9.59 Å². The lowest BCUT2D eigenvalue weighted by molar-refractivity contribution is -0.122. The van der Waals surface area contributed by atoms with Gasteiger partial charge in [-0.05, 0) is 18.1 Å². The van der Waals surface area contributed by atoms with E-state index in [4.69, 9.17) is 0 Å². The molecule has 0 N–H and O–H groups in total. The van der Waals surface area contributed by atoms with Gasteiger partial charge in [0.1, 0.15) is 5.78 Å². The van der Waals surface area contributed by atoms with Crippen LogP contribution in [0.2, 0.25) is 0 Å². The Morgan fingerprint density at radius 2 is 1.78 bits per heavy atom. The second-order valence-corrected chi connectivity index (χ2v) is 4.68. The standard InChI is InChI=1S/C16H20O2/c1-13(2)16(18)10-6-9-15(17)12-11-14-7-4-3-5-8-14/h3-5,7-8,11-13H,6,9-10H2,1-2H3/b12-11+. The maximum Gasteiger partial charge on any atom is 0.155 e. The Kier molecular flexibility index (Phi) is 6.06. The molecule has 0 aliphatic heterocycles. The summed E-state index contributed by atoms with van der Waals surface area (Å²) in [4.78, 5) is 22.9. The molecule has 2 nitrogen and oxygen atoms in total. The molecule has 1 aromatic rings. The molecule has 18 heavy (non-hydrogen) atoms. The summed E-state index contributed by atoms with van der Waals surface area (Å²) in [5.41, 5.74) is 1.02. The first-order valence-corrected chi connectivity index (χ1v) is 6.38. The molecule has 96 valence electrons. The van der Waals surface area contributed by atoms with Crippen LogP contribution >= 0.6 is 0 Å². The van der Waals surface area contributed by atoms with Gasteiger partial charge in [0, 0.05) is 18.8 Å². The fraction of sp³-hybridized carbons (Fsp3) is 0.375. The van der Waals surface area contributed by atoms with E-state index in [0.29, 0.717) is 19.3 Å². The van der Waals surface area contributed by atoms with E-state index < -0.39 is 0 Å². The molecule has 0 aromatic heterocycles. The Morgan fingerprint density at radius 1 is 1.11 bits per heavy atom. The summed E-state index contributed by atoms with van der Waals surface area (Å²) in [6, 6.07) is 9.71.